The molecule has 1 heterocycles. The molecule has 0 atom stereocenters. The summed E-state index contributed by atoms with van der Waals surface area (Å²) in [6.45, 7) is 0.358. The van der Waals surface area contributed by atoms with Crippen molar-refractivity contribution in [3.8, 4) is 0 Å². The largest absolute Gasteiger partial charge is 0.235 e. The van der Waals surface area contributed by atoms with Gasteiger partial charge in [0.25, 0.3) is 0 Å². The monoisotopic (exact) mass is 191 g/mol. The van der Waals surface area contributed by atoms with Gasteiger partial charge in [-0.15, -0.1) is 5.10 Å². The Hall–Kier alpha value is -1.58. The van der Waals surface area contributed by atoms with Crippen LogP contribution in [0.2, 0.25) is 0 Å². The van der Waals surface area contributed by atoms with Gasteiger partial charge in [-0.2, -0.15) is 0 Å². The molecule has 2 aromatic rings. The van der Waals surface area contributed by atoms with Gasteiger partial charge in [0.1, 0.15) is 5.52 Å². The predicted octanol–water partition coefficient (Wildman–Crippen LogP) is 1.53. The van der Waals surface area contributed by atoms with E-state index in [0.717, 1.165) is 15.8 Å². The highest BCUT2D eigenvalue weighted by Gasteiger charge is 1.98. The van der Waals surface area contributed by atoms with Gasteiger partial charge in [-0.05, 0) is 29.2 Å². The van der Waals surface area contributed by atoms with Gasteiger partial charge in [0.15, 0.2) is 0 Å². The van der Waals surface area contributed by atoms with Crippen molar-refractivity contribution < 1.29 is 4.79 Å². The smallest absolute Gasteiger partial charge is 0.211 e. The van der Waals surface area contributed by atoms with E-state index in [9.17, 15) is 4.79 Å². The van der Waals surface area contributed by atoms with Crippen LogP contribution < -0.4 is 0 Å². The Bertz CT molecular complexity index is 473. The summed E-state index contributed by atoms with van der Waals surface area (Å²) in [6.07, 6.45) is 1.50. The van der Waals surface area contributed by atoms with Crippen LogP contribution in [0.15, 0.2) is 23.2 Å². The van der Waals surface area contributed by atoms with Crippen molar-refractivity contribution in [3.63, 3.8) is 0 Å². The molecule has 2 rings (SSSR count). The van der Waals surface area contributed by atoms with E-state index in [2.05, 4.69) is 14.6 Å². The number of fused-ring (bicyclic) bond motifs is 1. The van der Waals surface area contributed by atoms with Gasteiger partial charge in [-0.3, -0.25) is 0 Å². The second-order valence-electron chi connectivity index (χ2n) is 2.48. The fraction of sp³-hybridized carbons (Fsp3) is 0.125. The maximum absolute atomic E-state index is 9.87. The topological polar surface area (TPSA) is 55.2 Å². The third kappa shape index (κ3) is 1.61. The van der Waals surface area contributed by atoms with Gasteiger partial charge in [0, 0.05) is 0 Å². The quantitative estimate of drug-likeness (QED) is 0.534. The molecule has 4 nitrogen and oxygen atoms in total. The summed E-state index contributed by atoms with van der Waals surface area (Å²) in [5, 5.41) is 3.92. The molecule has 0 aliphatic carbocycles. The molecular formula is C8H5N3OS. The van der Waals surface area contributed by atoms with E-state index in [1.807, 2.05) is 18.2 Å². The second kappa shape index (κ2) is 3.43. The van der Waals surface area contributed by atoms with Crippen LogP contribution in [0.4, 0.5) is 0 Å². The minimum Gasteiger partial charge on any atom is -0.211 e. The maximum Gasteiger partial charge on any atom is 0.235 e. The van der Waals surface area contributed by atoms with Gasteiger partial charge >= 0.3 is 0 Å². The summed E-state index contributed by atoms with van der Waals surface area (Å²) in [7, 11) is 0. The van der Waals surface area contributed by atoms with Gasteiger partial charge in [-0.1, -0.05) is 10.6 Å². The summed E-state index contributed by atoms with van der Waals surface area (Å²) >= 11 is 1.35. The number of rotatable bonds is 2. The first kappa shape index (κ1) is 8.04. The Morgan fingerprint density at radius 2 is 2.46 bits per heavy atom. The number of nitrogens with zero attached hydrogens (tertiary/aromatic N) is 3. The normalized spacial score (nSPS) is 9.85. The minimum absolute atomic E-state index is 0.358. The molecule has 0 N–H and O–H groups in total. The molecule has 0 aliphatic rings. The first-order chi connectivity index (χ1) is 6.40. The van der Waals surface area contributed by atoms with Crippen LogP contribution in [0.5, 0.6) is 0 Å². The maximum atomic E-state index is 9.87. The second-order valence-corrected chi connectivity index (χ2v) is 3.27. The van der Waals surface area contributed by atoms with E-state index in [0.29, 0.717) is 6.54 Å². The van der Waals surface area contributed by atoms with E-state index >= 15 is 0 Å². The molecule has 5 heteroatoms. The molecule has 0 bridgehead atoms. The molecule has 13 heavy (non-hydrogen) atoms. The van der Waals surface area contributed by atoms with Crippen molar-refractivity contribution in [3.05, 3.63) is 23.8 Å². The van der Waals surface area contributed by atoms with Crippen molar-refractivity contribution in [2.24, 2.45) is 4.99 Å². The zero-order valence-electron chi connectivity index (χ0n) is 6.60. The summed E-state index contributed by atoms with van der Waals surface area (Å²) in [4.78, 5) is 13.4. The average Bonchev–Trinajstić information content (AvgIpc) is 2.61. The van der Waals surface area contributed by atoms with Crippen LogP contribution in [0.25, 0.3) is 10.2 Å². The first-order valence-electron chi connectivity index (χ1n) is 3.65. The Morgan fingerprint density at radius 3 is 3.31 bits per heavy atom. The van der Waals surface area contributed by atoms with Crippen LogP contribution in [-0.4, -0.2) is 15.7 Å². The molecule has 0 fully saturated rings. The number of hydrogen-bond acceptors (Lipinski definition) is 5. The van der Waals surface area contributed by atoms with E-state index < -0.39 is 0 Å². The van der Waals surface area contributed by atoms with Crippen LogP contribution in [0, 0.1) is 0 Å². The molecule has 64 valence electrons. The third-order valence-corrected chi connectivity index (χ3v) is 2.34. The summed E-state index contributed by atoms with van der Waals surface area (Å²) in [5.41, 5.74) is 1.80. The van der Waals surface area contributed by atoms with Crippen LogP contribution in [0.1, 0.15) is 5.56 Å². The fourth-order valence-corrected chi connectivity index (χ4v) is 1.59. The highest BCUT2D eigenvalue weighted by molar-refractivity contribution is 7.12. The van der Waals surface area contributed by atoms with Gasteiger partial charge < -0.3 is 0 Å². The first-order valence-corrected chi connectivity index (χ1v) is 4.42. The Morgan fingerprint density at radius 1 is 1.54 bits per heavy atom. The van der Waals surface area contributed by atoms with Crippen LogP contribution >= 0.6 is 11.5 Å². The number of aromatic nitrogens is 2. The van der Waals surface area contributed by atoms with E-state index in [4.69, 9.17) is 0 Å². The Balaban J connectivity index is 2.42. The minimum atomic E-state index is 0.358. The number of hydrogen-bond donors (Lipinski definition) is 0. The van der Waals surface area contributed by atoms with Crippen LogP contribution in [0.3, 0.4) is 0 Å². The zero-order chi connectivity index (χ0) is 9.10. The standard InChI is InChI=1S/C8H5N3OS/c12-5-9-4-6-1-2-8-7(3-6)10-11-13-8/h1-3H,4H2. The van der Waals surface area contributed by atoms with E-state index in [1.165, 1.54) is 17.6 Å². The lowest BCUT2D eigenvalue weighted by Crippen LogP contribution is -1.80. The lowest BCUT2D eigenvalue weighted by Gasteiger charge is -1.92. The van der Waals surface area contributed by atoms with Crippen molar-refractivity contribution in [2.45, 2.75) is 6.54 Å². The van der Waals surface area contributed by atoms with Gasteiger partial charge in [0.2, 0.25) is 6.08 Å². The molecule has 1 aromatic heterocycles. The summed E-state index contributed by atoms with van der Waals surface area (Å²) in [5.74, 6) is 0. The SMILES string of the molecule is O=C=NCc1ccc2snnc2c1. The Kier molecular flexibility index (Phi) is 2.12. The van der Waals surface area contributed by atoms with Gasteiger partial charge in [0.05, 0.1) is 11.2 Å². The highest BCUT2D eigenvalue weighted by Crippen LogP contribution is 2.16. The number of isocyanates is 1. The molecule has 0 saturated heterocycles. The molecule has 0 amide bonds. The number of benzene rings is 1. The predicted molar refractivity (Wildman–Crippen MR) is 49.2 cm³/mol. The Labute approximate surface area is 78.1 Å². The third-order valence-electron chi connectivity index (χ3n) is 1.64. The molecule has 1 aromatic carbocycles. The molecule has 0 aliphatic heterocycles. The summed E-state index contributed by atoms with van der Waals surface area (Å²) in [6, 6.07) is 5.71. The molecule has 0 radical (unpaired) electrons. The van der Waals surface area contributed by atoms with Gasteiger partial charge in [-0.25, -0.2) is 9.79 Å². The highest BCUT2D eigenvalue weighted by atomic mass is 32.1. The van der Waals surface area contributed by atoms with Crippen molar-refractivity contribution >= 4 is 27.8 Å². The fourth-order valence-electron chi connectivity index (χ4n) is 1.05. The molecule has 0 spiro atoms. The van der Waals surface area contributed by atoms with E-state index in [-0.39, 0.29) is 0 Å². The number of carbonyl (C=O) groups excluding carboxylic acids is 1. The van der Waals surface area contributed by atoms with Crippen molar-refractivity contribution in [2.75, 3.05) is 0 Å². The number of aliphatic imine (C=N–C) groups is 1. The lowest BCUT2D eigenvalue weighted by atomic mass is 10.2. The average molecular weight is 191 g/mol. The van der Waals surface area contributed by atoms with Crippen molar-refractivity contribution in [1.29, 1.82) is 0 Å². The molecule has 0 saturated carbocycles. The molecular weight excluding hydrogens is 186 g/mol. The lowest BCUT2D eigenvalue weighted by molar-refractivity contribution is 0.563. The summed E-state index contributed by atoms with van der Waals surface area (Å²) < 4.78 is 4.85. The van der Waals surface area contributed by atoms with Crippen molar-refractivity contribution in [1.82, 2.24) is 9.59 Å². The van der Waals surface area contributed by atoms with Crippen LogP contribution in [-0.2, 0) is 11.3 Å². The van der Waals surface area contributed by atoms with E-state index in [1.54, 1.807) is 0 Å². The zero-order valence-corrected chi connectivity index (χ0v) is 7.41. The molecule has 0 unspecified atom stereocenters.